The van der Waals surface area contributed by atoms with Gasteiger partial charge < -0.3 is 14.6 Å². The van der Waals surface area contributed by atoms with Crippen LogP contribution in [-0.2, 0) is 4.74 Å². The predicted molar refractivity (Wildman–Crippen MR) is 101 cm³/mol. The van der Waals surface area contributed by atoms with E-state index in [9.17, 15) is 9.18 Å². The van der Waals surface area contributed by atoms with Gasteiger partial charge in [0.1, 0.15) is 5.82 Å². The van der Waals surface area contributed by atoms with Gasteiger partial charge in [-0.15, -0.1) is 0 Å². The average Bonchev–Trinajstić information content (AvgIpc) is 2.91. The van der Waals surface area contributed by atoms with Gasteiger partial charge in [0.2, 0.25) is 0 Å². The van der Waals surface area contributed by atoms with Crippen LogP contribution in [0.1, 0.15) is 36.3 Å². The van der Waals surface area contributed by atoms with E-state index in [-0.39, 0.29) is 23.8 Å². The molecule has 0 spiro atoms. The zero-order valence-corrected chi connectivity index (χ0v) is 16.0. The van der Waals surface area contributed by atoms with Crippen LogP contribution in [0, 0.1) is 12.7 Å². The molecule has 2 atom stereocenters. The second-order valence-corrected chi connectivity index (χ2v) is 7.31. The van der Waals surface area contributed by atoms with Crippen molar-refractivity contribution in [1.29, 1.82) is 0 Å². The van der Waals surface area contributed by atoms with E-state index in [0.717, 1.165) is 30.8 Å². The van der Waals surface area contributed by atoms with E-state index >= 15 is 0 Å². The molecule has 5 nitrogen and oxygen atoms in total. The maximum atomic E-state index is 13.7. The topological polar surface area (TPSA) is 48.6 Å². The van der Waals surface area contributed by atoms with Gasteiger partial charge in [-0.1, -0.05) is 0 Å². The van der Waals surface area contributed by atoms with Crippen molar-refractivity contribution in [3.05, 3.63) is 35.3 Å². The minimum Gasteiger partial charge on any atom is -0.385 e. The summed E-state index contributed by atoms with van der Waals surface area (Å²) in [6.07, 6.45) is 0.986. The number of amides is 1. The van der Waals surface area contributed by atoms with E-state index < -0.39 is 0 Å². The SMILES string of the molecule is COCCCN1C(C)CN(C(=O)c2c(C)[nH]c3ccc(F)cc23)CC1C. The van der Waals surface area contributed by atoms with Crippen LogP contribution in [0.5, 0.6) is 0 Å². The fraction of sp³-hybridized carbons (Fsp3) is 0.550. The molecule has 1 saturated heterocycles. The van der Waals surface area contributed by atoms with Gasteiger partial charge >= 0.3 is 0 Å². The summed E-state index contributed by atoms with van der Waals surface area (Å²) in [4.78, 5) is 20.8. The number of rotatable bonds is 5. The third-order valence-corrected chi connectivity index (χ3v) is 5.32. The highest BCUT2D eigenvalue weighted by molar-refractivity contribution is 6.08. The van der Waals surface area contributed by atoms with Crippen molar-refractivity contribution in [3.63, 3.8) is 0 Å². The Morgan fingerprint density at radius 2 is 2.00 bits per heavy atom. The van der Waals surface area contributed by atoms with Crippen molar-refractivity contribution >= 4 is 16.8 Å². The first kappa shape index (κ1) is 18.9. The molecule has 0 saturated carbocycles. The molecule has 1 aliphatic rings. The molecule has 2 unspecified atom stereocenters. The van der Waals surface area contributed by atoms with Crippen molar-refractivity contribution in [1.82, 2.24) is 14.8 Å². The number of nitrogens with zero attached hydrogens (tertiary/aromatic N) is 2. The quantitative estimate of drug-likeness (QED) is 0.832. The fourth-order valence-electron chi connectivity index (χ4n) is 4.09. The number of H-pyrrole nitrogens is 1. The first-order chi connectivity index (χ1) is 12.4. The molecule has 2 heterocycles. The van der Waals surface area contributed by atoms with Crippen molar-refractivity contribution < 1.29 is 13.9 Å². The van der Waals surface area contributed by atoms with Crippen LogP contribution in [0.3, 0.4) is 0 Å². The van der Waals surface area contributed by atoms with Gasteiger partial charge in [-0.05, 0) is 45.4 Å². The normalized spacial score (nSPS) is 21.5. The summed E-state index contributed by atoms with van der Waals surface area (Å²) in [6, 6.07) is 5.10. The van der Waals surface area contributed by atoms with E-state index in [1.807, 2.05) is 11.8 Å². The van der Waals surface area contributed by atoms with Gasteiger partial charge in [-0.2, -0.15) is 0 Å². The number of benzene rings is 1. The number of ether oxygens (including phenoxy) is 1. The van der Waals surface area contributed by atoms with Crippen LogP contribution in [0.4, 0.5) is 4.39 Å². The monoisotopic (exact) mass is 361 g/mol. The van der Waals surface area contributed by atoms with Gasteiger partial charge in [-0.25, -0.2) is 4.39 Å². The summed E-state index contributed by atoms with van der Waals surface area (Å²) in [5, 5.41) is 0.662. The molecule has 2 aromatic rings. The summed E-state index contributed by atoms with van der Waals surface area (Å²) < 4.78 is 18.8. The zero-order chi connectivity index (χ0) is 18.8. The first-order valence-electron chi connectivity index (χ1n) is 9.24. The molecule has 1 N–H and O–H groups in total. The Hall–Kier alpha value is -1.92. The molecule has 1 aliphatic heterocycles. The Bertz CT molecular complexity index is 777. The summed E-state index contributed by atoms with van der Waals surface area (Å²) in [7, 11) is 1.72. The average molecular weight is 361 g/mol. The number of fused-ring (bicyclic) bond motifs is 1. The number of carbonyl (C=O) groups excluding carboxylic acids is 1. The molecule has 142 valence electrons. The number of hydrogen-bond donors (Lipinski definition) is 1. The highest BCUT2D eigenvalue weighted by Crippen LogP contribution is 2.26. The number of nitrogens with one attached hydrogen (secondary N) is 1. The van der Waals surface area contributed by atoms with Crippen molar-refractivity contribution in [3.8, 4) is 0 Å². The van der Waals surface area contributed by atoms with Crippen molar-refractivity contribution in [2.45, 2.75) is 39.3 Å². The third-order valence-electron chi connectivity index (χ3n) is 5.32. The number of aromatic amines is 1. The molecule has 6 heteroatoms. The van der Waals surface area contributed by atoms with Crippen molar-refractivity contribution in [2.75, 3.05) is 33.4 Å². The Balaban J connectivity index is 1.79. The van der Waals surface area contributed by atoms with Gasteiger partial charge in [-0.3, -0.25) is 9.69 Å². The number of aromatic nitrogens is 1. The molecule has 1 fully saturated rings. The van der Waals surface area contributed by atoms with Gasteiger partial charge in [0.05, 0.1) is 5.56 Å². The van der Waals surface area contributed by atoms with E-state index in [0.29, 0.717) is 24.0 Å². The highest BCUT2D eigenvalue weighted by Gasteiger charge is 2.33. The van der Waals surface area contributed by atoms with E-state index in [1.165, 1.54) is 12.1 Å². The number of piperazine rings is 1. The second kappa shape index (κ2) is 7.76. The van der Waals surface area contributed by atoms with Crippen LogP contribution in [0.2, 0.25) is 0 Å². The summed E-state index contributed by atoms with van der Waals surface area (Å²) in [6.45, 7) is 9.26. The van der Waals surface area contributed by atoms with E-state index in [1.54, 1.807) is 13.2 Å². The maximum Gasteiger partial charge on any atom is 0.256 e. The largest absolute Gasteiger partial charge is 0.385 e. The lowest BCUT2D eigenvalue weighted by Crippen LogP contribution is -2.58. The third kappa shape index (κ3) is 3.62. The fourth-order valence-corrected chi connectivity index (χ4v) is 4.09. The highest BCUT2D eigenvalue weighted by atomic mass is 19.1. The van der Waals surface area contributed by atoms with Gasteiger partial charge in [0.25, 0.3) is 5.91 Å². The lowest BCUT2D eigenvalue weighted by atomic mass is 10.0. The number of methoxy groups -OCH3 is 1. The molecule has 1 aromatic heterocycles. The van der Waals surface area contributed by atoms with Crippen LogP contribution in [0.25, 0.3) is 10.9 Å². The molecule has 0 aliphatic carbocycles. The smallest absolute Gasteiger partial charge is 0.256 e. The first-order valence-corrected chi connectivity index (χ1v) is 9.24. The minimum absolute atomic E-state index is 0.0189. The second-order valence-electron chi connectivity index (χ2n) is 7.31. The number of halogens is 1. The Labute approximate surface area is 154 Å². The summed E-state index contributed by atoms with van der Waals surface area (Å²) >= 11 is 0. The summed E-state index contributed by atoms with van der Waals surface area (Å²) in [5.41, 5.74) is 2.18. The standard InChI is InChI=1S/C20H28FN3O2/c1-13-11-23(12-14(2)24(13)8-5-9-26-4)20(25)19-15(3)22-18-7-6-16(21)10-17(18)19/h6-7,10,13-14,22H,5,8-9,11-12H2,1-4H3. The molecule has 26 heavy (non-hydrogen) atoms. The minimum atomic E-state index is -0.324. The molecule has 1 amide bonds. The molecule has 1 aromatic carbocycles. The zero-order valence-electron chi connectivity index (χ0n) is 16.0. The Morgan fingerprint density at radius 1 is 1.31 bits per heavy atom. The summed E-state index contributed by atoms with van der Waals surface area (Å²) in [5.74, 6) is -0.343. The lowest BCUT2D eigenvalue weighted by Gasteiger charge is -2.44. The number of aryl methyl sites for hydroxylation is 1. The predicted octanol–water partition coefficient (Wildman–Crippen LogP) is 3.19. The van der Waals surface area contributed by atoms with Crippen LogP contribution < -0.4 is 0 Å². The Kier molecular flexibility index (Phi) is 5.63. The molecule has 3 rings (SSSR count). The number of carbonyl (C=O) groups is 1. The van der Waals surface area contributed by atoms with Crippen molar-refractivity contribution in [2.24, 2.45) is 0 Å². The molecule has 0 bridgehead atoms. The molecular formula is C20H28FN3O2. The maximum absolute atomic E-state index is 13.7. The van der Waals surface area contributed by atoms with Crippen LogP contribution in [0.15, 0.2) is 18.2 Å². The van der Waals surface area contributed by atoms with Crippen LogP contribution in [-0.4, -0.2) is 66.1 Å². The molecule has 0 radical (unpaired) electrons. The van der Waals surface area contributed by atoms with E-state index in [4.69, 9.17) is 4.74 Å². The van der Waals surface area contributed by atoms with Crippen LogP contribution >= 0.6 is 0 Å². The number of hydrogen-bond acceptors (Lipinski definition) is 3. The molecular weight excluding hydrogens is 333 g/mol. The van der Waals surface area contributed by atoms with Gasteiger partial charge in [0, 0.05) is 62.0 Å². The lowest BCUT2D eigenvalue weighted by molar-refractivity contribution is 0.0271. The van der Waals surface area contributed by atoms with Gasteiger partial charge in [0.15, 0.2) is 0 Å². The van der Waals surface area contributed by atoms with E-state index in [2.05, 4.69) is 23.7 Å². The Morgan fingerprint density at radius 3 is 2.65 bits per heavy atom.